The van der Waals surface area contributed by atoms with E-state index in [1.165, 1.54) is 4.88 Å². The quantitative estimate of drug-likeness (QED) is 0.403. The molecule has 128 valence electrons. The zero-order valence-electron chi connectivity index (χ0n) is 14.0. The van der Waals surface area contributed by atoms with Gasteiger partial charge >= 0.3 is 0 Å². The first-order valence-electron chi connectivity index (χ1n) is 7.40. The molecule has 2 aromatic heterocycles. The van der Waals surface area contributed by atoms with E-state index in [2.05, 4.69) is 39.4 Å². The second kappa shape index (κ2) is 10.2. The molecule has 0 unspecified atom stereocenters. The number of hydrogen-bond acceptors (Lipinski definition) is 5. The van der Waals surface area contributed by atoms with Crippen molar-refractivity contribution in [3.05, 3.63) is 32.2 Å². The molecule has 0 bridgehead atoms. The Morgan fingerprint density at radius 1 is 1.39 bits per heavy atom. The number of guanidine groups is 1. The highest BCUT2D eigenvalue weighted by atomic mass is 127. The number of halogens is 1. The third-order valence-electron chi connectivity index (χ3n) is 3.02. The van der Waals surface area contributed by atoms with E-state index in [1.54, 1.807) is 22.7 Å². The van der Waals surface area contributed by atoms with Crippen LogP contribution in [0.25, 0.3) is 0 Å². The highest BCUT2D eigenvalue weighted by Crippen LogP contribution is 2.12. The van der Waals surface area contributed by atoms with Gasteiger partial charge in [-0.25, -0.2) is 9.97 Å². The van der Waals surface area contributed by atoms with Crippen molar-refractivity contribution in [2.75, 3.05) is 20.1 Å². The van der Waals surface area contributed by atoms with Gasteiger partial charge in [0, 0.05) is 43.0 Å². The molecular formula is C15H24IN5S2. The summed E-state index contributed by atoms with van der Waals surface area (Å²) in [6.07, 6.45) is 2.81. The van der Waals surface area contributed by atoms with Crippen LogP contribution in [-0.4, -0.2) is 41.0 Å². The maximum absolute atomic E-state index is 4.69. The number of nitrogens with one attached hydrogen (secondary N) is 1. The van der Waals surface area contributed by atoms with Crippen molar-refractivity contribution in [2.24, 2.45) is 4.99 Å². The summed E-state index contributed by atoms with van der Waals surface area (Å²) in [7, 11) is 2.05. The lowest BCUT2D eigenvalue weighted by molar-refractivity contribution is 0.471. The molecule has 0 aliphatic carbocycles. The van der Waals surface area contributed by atoms with E-state index in [0.717, 1.165) is 47.7 Å². The molecule has 0 spiro atoms. The number of aromatic nitrogens is 2. The van der Waals surface area contributed by atoms with Crippen LogP contribution in [0.2, 0.25) is 0 Å². The molecule has 0 fully saturated rings. The predicted molar refractivity (Wildman–Crippen MR) is 110 cm³/mol. The smallest absolute Gasteiger partial charge is 0.194 e. The first-order valence-corrected chi connectivity index (χ1v) is 9.10. The molecule has 0 saturated carbocycles. The highest BCUT2D eigenvalue weighted by Gasteiger charge is 2.08. The zero-order chi connectivity index (χ0) is 15.9. The third kappa shape index (κ3) is 6.72. The van der Waals surface area contributed by atoms with Gasteiger partial charge in [0.2, 0.25) is 0 Å². The van der Waals surface area contributed by atoms with Crippen LogP contribution in [0, 0.1) is 13.8 Å². The van der Waals surface area contributed by atoms with Crippen LogP contribution in [0.1, 0.15) is 27.5 Å². The van der Waals surface area contributed by atoms with Gasteiger partial charge in [0.15, 0.2) is 5.96 Å². The van der Waals surface area contributed by atoms with E-state index in [0.29, 0.717) is 0 Å². The average Bonchev–Trinajstić information content (AvgIpc) is 3.06. The number of nitrogens with zero attached hydrogens (tertiary/aromatic N) is 4. The van der Waals surface area contributed by atoms with Crippen LogP contribution >= 0.6 is 46.7 Å². The van der Waals surface area contributed by atoms with Crippen LogP contribution in [0.3, 0.4) is 0 Å². The molecule has 8 heteroatoms. The van der Waals surface area contributed by atoms with Gasteiger partial charge < -0.3 is 10.2 Å². The fourth-order valence-corrected chi connectivity index (χ4v) is 3.42. The molecule has 2 heterocycles. The number of aliphatic imine (C=N–C) groups is 1. The minimum Gasteiger partial charge on any atom is -0.357 e. The average molecular weight is 465 g/mol. The van der Waals surface area contributed by atoms with Crippen molar-refractivity contribution in [3.63, 3.8) is 0 Å². The molecule has 0 saturated heterocycles. The first kappa shape index (κ1) is 20.3. The van der Waals surface area contributed by atoms with E-state index in [9.17, 15) is 0 Å². The van der Waals surface area contributed by atoms with E-state index in [-0.39, 0.29) is 24.0 Å². The Bertz CT molecular complexity index is 623. The van der Waals surface area contributed by atoms with Gasteiger partial charge in [-0.1, -0.05) is 0 Å². The molecule has 2 rings (SSSR count). The fourth-order valence-electron chi connectivity index (χ4n) is 2.04. The lowest BCUT2D eigenvalue weighted by atomic mass is 10.4. The summed E-state index contributed by atoms with van der Waals surface area (Å²) < 4.78 is 0. The summed E-state index contributed by atoms with van der Waals surface area (Å²) in [6, 6.07) is 0. The molecule has 23 heavy (non-hydrogen) atoms. The second-order valence-electron chi connectivity index (χ2n) is 5.06. The molecular weight excluding hydrogens is 441 g/mol. The summed E-state index contributed by atoms with van der Waals surface area (Å²) in [5.41, 5.74) is 1.09. The molecule has 5 nitrogen and oxygen atoms in total. The van der Waals surface area contributed by atoms with Gasteiger partial charge in [-0.15, -0.1) is 46.7 Å². The van der Waals surface area contributed by atoms with E-state index >= 15 is 0 Å². The van der Waals surface area contributed by atoms with Crippen LogP contribution < -0.4 is 5.32 Å². The van der Waals surface area contributed by atoms with Crippen LogP contribution in [0.4, 0.5) is 0 Å². The van der Waals surface area contributed by atoms with Crippen molar-refractivity contribution >= 4 is 52.6 Å². The largest absolute Gasteiger partial charge is 0.357 e. The molecule has 2 aromatic rings. The third-order valence-corrected chi connectivity index (χ3v) is 4.81. The molecule has 0 radical (unpaired) electrons. The summed E-state index contributed by atoms with van der Waals surface area (Å²) in [6.45, 7) is 8.57. The highest BCUT2D eigenvalue weighted by molar-refractivity contribution is 14.0. The van der Waals surface area contributed by atoms with Gasteiger partial charge in [-0.05, 0) is 20.8 Å². The van der Waals surface area contributed by atoms with Gasteiger partial charge in [0.1, 0.15) is 0 Å². The molecule has 0 atom stereocenters. The first-order chi connectivity index (χ1) is 10.6. The zero-order valence-corrected chi connectivity index (χ0v) is 18.0. The SMILES string of the molecule is CCNC(=NCCc1ncc(C)s1)N(C)Cc1csc(C)n1.I. The Hall–Kier alpha value is -0.740. The molecule has 0 aliphatic heterocycles. The number of rotatable bonds is 6. The van der Waals surface area contributed by atoms with E-state index < -0.39 is 0 Å². The Morgan fingerprint density at radius 2 is 2.17 bits per heavy atom. The number of hydrogen-bond donors (Lipinski definition) is 1. The minimum absolute atomic E-state index is 0. The van der Waals surface area contributed by atoms with Gasteiger partial charge in [0.05, 0.1) is 22.3 Å². The van der Waals surface area contributed by atoms with Crippen molar-refractivity contribution < 1.29 is 0 Å². The fraction of sp³-hybridized carbons (Fsp3) is 0.533. The predicted octanol–water partition coefficient (Wildman–Crippen LogP) is 3.47. The van der Waals surface area contributed by atoms with Crippen LogP contribution in [0.5, 0.6) is 0 Å². The lowest BCUT2D eigenvalue weighted by Gasteiger charge is -2.21. The summed E-state index contributed by atoms with van der Waals surface area (Å²) in [4.78, 5) is 17.0. The molecule has 0 aliphatic rings. The topological polar surface area (TPSA) is 53.4 Å². The van der Waals surface area contributed by atoms with Crippen LogP contribution in [0.15, 0.2) is 16.6 Å². The van der Waals surface area contributed by atoms with E-state index in [4.69, 9.17) is 4.99 Å². The normalized spacial score (nSPS) is 11.2. The van der Waals surface area contributed by atoms with Crippen molar-refractivity contribution in [1.29, 1.82) is 0 Å². The Kier molecular flexibility index (Phi) is 9.00. The summed E-state index contributed by atoms with van der Waals surface area (Å²) >= 11 is 3.43. The van der Waals surface area contributed by atoms with Crippen molar-refractivity contribution in [2.45, 2.75) is 33.7 Å². The standard InChI is InChI=1S/C15H23N5S2.HI/c1-5-16-15(17-7-6-14-18-8-11(2)22-14)20(4)9-13-10-21-12(3)19-13;/h8,10H,5-7,9H2,1-4H3,(H,16,17);1H. The summed E-state index contributed by atoms with van der Waals surface area (Å²) in [5, 5.41) is 7.69. The van der Waals surface area contributed by atoms with Crippen LogP contribution in [-0.2, 0) is 13.0 Å². The monoisotopic (exact) mass is 465 g/mol. The number of aryl methyl sites for hydroxylation is 2. The second-order valence-corrected chi connectivity index (χ2v) is 7.45. The molecule has 1 N–H and O–H groups in total. The Morgan fingerprint density at radius 3 is 2.74 bits per heavy atom. The van der Waals surface area contributed by atoms with E-state index in [1.807, 2.05) is 20.2 Å². The van der Waals surface area contributed by atoms with Crippen molar-refractivity contribution in [1.82, 2.24) is 20.2 Å². The Labute approximate surface area is 163 Å². The minimum atomic E-state index is 0. The maximum atomic E-state index is 4.69. The molecule has 0 aromatic carbocycles. The van der Waals surface area contributed by atoms with Crippen molar-refractivity contribution in [3.8, 4) is 0 Å². The number of thiazole rings is 2. The van der Waals surface area contributed by atoms with Gasteiger partial charge in [-0.2, -0.15) is 0 Å². The Balaban J connectivity index is 0.00000264. The van der Waals surface area contributed by atoms with Gasteiger partial charge in [-0.3, -0.25) is 4.99 Å². The maximum Gasteiger partial charge on any atom is 0.194 e. The summed E-state index contributed by atoms with van der Waals surface area (Å²) in [5.74, 6) is 0.918. The van der Waals surface area contributed by atoms with Gasteiger partial charge in [0.25, 0.3) is 0 Å². The molecule has 0 amide bonds. The lowest BCUT2D eigenvalue weighted by Crippen LogP contribution is -2.38.